The number of hydrogen-bond donors (Lipinski definition) is 1. The van der Waals surface area contributed by atoms with Crippen LogP contribution >= 0.6 is 0 Å². The van der Waals surface area contributed by atoms with E-state index in [0.717, 1.165) is 5.69 Å². The molecule has 0 radical (unpaired) electrons. The number of hydrogen-bond acceptors (Lipinski definition) is 4. The van der Waals surface area contributed by atoms with Gasteiger partial charge >= 0.3 is 0 Å². The first kappa shape index (κ1) is 13.2. The third-order valence-electron chi connectivity index (χ3n) is 2.81. The van der Waals surface area contributed by atoms with E-state index in [2.05, 4.69) is 10.4 Å². The second kappa shape index (κ2) is 4.97. The molecule has 6 heteroatoms. The van der Waals surface area contributed by atoms with Crippen LogP contribution in [0.2, 0.25) is 0 Å². The van der Waals surface area contributed by atoms with E-state index >= 15 is 0 Å². The highest BCUT2D eigenvalue weighted by molar-refractivity contribution is 7.91. The van der Waals surface area contributed by atoms with Gasteiger partial charge in [0.25, 0.3) is 0 Å². The summed E-state index contributed by atoms with van der Waals surface area (Å²) < 4.78 is 24.6. The van der Waals surface area contributed by atoms with Gasteiger partial charge in [-0.25, -0.2) is 8.42 Å². The van der Waals surface area contributed by atoms with Crippen molar-refractivity contribution in [2.24, 2.45) is 7.05 Å². The number of sulfone groups is 1. The van der Waals surface area contributed by atoms with Gasteiger partial charge in [-0.3, -0.25) is 4.68 Å². The van der Waals surface area contributed by atoms with Crippen LogP contribution in [0.1, 0.15) is 12.6 Å². The molecule has 92 valence electrons. The molecular weight excluding hydrogens is 226 g/mol. The molecule has 2 unspecified atom stereocenters. The Labute approximate surface area is 96.8 Å². The number of aryl methyl sites for hydroxylation is 1. The summed E-state index contributed by atoms with van der Waals surface area (Å²) in [6, 6.07) is 1.80. The van der Waals surface area contributed by atoms with Crippen LogP contribution in [-0.4, -0.2) is 42.8 Å². The largest absolute Gasteiger partial charge is 0.315 e. The van der Waals surface area contributed by atoms with Crippen LogP contribution in [0.3, 0.4) is 0 Å². The maximum Gasteiger partial charge on any atom is 0.151 e. The predicted octanol–water partition coefficient (Wildman–Crippen LogP) is -0.0163. The zero-order valence-corrected chi connectivity index (χ0v) is 11.0. The van der Waals surface area contributed by atoms with Gasteiger partial charge < -0.3 is 5.32 Å². The number of likely N-dealkylation sites (N-methyl/N-ethyl adjacent to an activating group) is 1. The maximum atomic E-state index is 11.5. The van der Waals surface area contributed by atoms with E-state index in [0.29, 0.717) is 6.42 Å². The Morgan fingerprint density at radius 2 is 2.19 bits per heavy atom. The minimum absolute atomic E-state index is 0.107. The van der Waals surface area contributed by atoms with Gasteiger partial charge in [-0.05, 0) is 20.0 Å². The highest BCUT2D eigenvalue weighted by atomic mass is 32.2. The van der Waals surface area contributed by atoms with Crippen LogP contribution in [0.4, 0.5) is 0 Å². The van der Waals surface area contributed by atoms with Gasteiger partial charge in [-0.1, -0.05) is 0 Å². The Bertz CT molecular complexity index is 439. The quantitative estimate of drug-likeness (QED) is 0.792. The number of nitrogens with one attached hydrogen (secondary N) is 1. The van der Waals surface area contributed by atoms with Crippen molar-refractivity contribution in [1.82, 2.24) is 15.1 Å². The molecule has 16 heavy (non-hydrogen) atoms. The van der Waals surface area contributed by atoms with Crippen LogP contribution in [0.15, 0.2) is 12.3 Å². The summed E-state index contributed by atoms with van der Waals surface area (Å²) in [6.45, 7) is 1.72. The van der Waals surface area contributed by atoms with E-state index < -0.39 is 15.1 Å². The minimum atomic E-state index is -3.02. The summed E-state index contributed by atoms with van der Waals surface area (Å²) in [6.07, 6.45) is 3.74. The van der Waals surface area contributed by atoms with E-state index in [1.807, 2.05) is 19.3 Å². The van der Waals surface area contributed by atoms with Crippen LogP contribution in [0, 0.1) is 0 Å². The monoisotopic (exact) mass is 245 g/mol. The normalized spacial score (nSPS) is 16.0. The van der Waals surface area contributed by atoms with Gasteiger partial charge in [0.2, 0.25) is 0 Å². The Hall–Kier alpha value is -0.880. The average Bonchev–Trinajstić information content (AvgIpc) is 2.58. The molecule has 0 bridgehead atoms. The second-order valence-corrected chi connectivity index (χ2v) is 6.52. The molecule has 0 saturated carbocycles. The summed E-state index contributed by atoms with van der Waals surface area (Å²) in [4.78, 5) is 0. The van der Waals surface area contributed by atoms with Crippen LogP contribution in [0.5, 0.6) is 0 Å². The summed E-state index contributed by atoms with van der Waals surface area (Å²) >= 11 is 0. The van der Waals surface area contributed by atoms with Crippen LogP contribution in [-0.2, 0) is 23.3 Å². The average molecular weight is 245 g/mol. The first-order valence-electron chi connectivity index (χ1n) is 5.19. The predicted molar refractivity (Wildman–Crippen MR) is 64.1 cm³/mol. The lowest BCUT2D eigenvalue weighted by molar-refractivity contribution is 0.510. The van der Waals surface area contributed by atoms with E-state index in [1.165, 1.54) is 6.26 Å². The molecule has 1 heterocycles. The van der Waals surface area contributed by atoms with Gasteiger partial charge in [0.15, 0.2) is 9.84 Å². The number of aromatic nitrogens is 2. The molecule has 0 saturated heterocycles. The highest BCUT2D eigenvalue weighted by Crippen LogP contribution is 2.09. The Kier molecular flexibility index (Phi) is 4.09. The van der Waals surface area contributed by atoms with Crippen molar-refractivity contribution in [3.05, 3.63) is 18.0 Å². The van der Waals surface area contributed by atoms with Crippen molar-refractivity contribution in [2.45, 2.75) is 24.6 Å². The molecule has 0 aliphatic rings. The highest BCUT2D eigenvalue weighted by Gasteiger charge is 2.25. The molecule has 5 nitrogen and oxygen atoms in total. The lowest BCUT2D eigenvalue weighted by Crippen LogP contribution is -2.42. The number of nitrogens with zero attached hydrogens (tertiary/aromatic N) is 2. The van der Waals surface area contributed by atoms with Gasteiger partial charge in [0.1, 0.15) is 0 Å². The molecule has 1 aromatic heterocycles. The molecule has 0 fully saturated rings. The van der Waals surface area contributed by atoms with E-state index in [9.17, 15) is 8.42 Å². The molecule has 0 aromatic carbocycles. The molecule has 1 N–H and O–H groups in total. The van der Waals surface area contributed by atoms with Crippen molar-refractivity contribution in [3.63, 3.8) is 0 Å². The first-order chi connectivity index (χ1) is 7.34. The Balaban J connectivity index is 2.77. The van der Waals surface area contributed by atoms with E-state index in [-0.39, 0.29) is 6.04 Å². The van der Waals surface area contributed by atoms with Crippen molar-refractivity contribution in [1.29, 1.82) is 0 Å². The Morgan fingerprint density at radius 1 is 1.56 bits per heavy atom. The molecule has 1 aromatic rings. The molecule has 2 atom stereocenters. The first-order valence-corrected chi connectivity index (χ1v) is 7.14. The summed E-state index contributed by atoms with van der Waals surface area (Å²) in [5.41, 5.74) is 0.900. The lowest BCUT2D eigenvalue weighted by atomic mass is 10.1. The molecule has 1 rings (SSSR count). The smallest absolute Gasteiger partial charge is 0.151 e. The lowest BCUT2D eigenvalue weighted by Gasteiger charge is -2.21. The molecular formula is C10H19N3O2S. The van der Waals surface area contributed by atoms with Gasteiger partial charge in [0.05, 0.1) is 10.9 Å². The van der Waals surface area contributed by atoms with Gasteiger partial charge in [-0.15, -0.1) is 0 Å². The van der Waals surface area contributed by atoms with E-state index in [1.54, 1.807) is 18.7 Å². The van der Waals surface area contributed by atoms with Gasteiger partial charge in [0, 0.05) is 32.0 Å². The topological polar surface area (TPSA) is 64.0 Å². The molecule has 0 aliphatic carbocycles. The summed E-state index contributed by atoms with van der Waals surface area (Å²) in [5.74, 6) is 0. The zero-order chi connectivity index (χ0) is 12.3. The fraction of sp³-hybridized carbons (Fsp3) is 0.700. The van der Waals surface area contributed by atoms with Crippen molar-refractivity contribution < 1.29 is 8.42 Å². The van der Waals surface area contributed by atoms with Crippen LogP contribution < -0.4 is 5.32 Å². The number of rotatable bonds is 5. The molecule has 0 spiro atoms. The second-order valence-electron chi connectivity index (χ2n) is 4.11. The third-order valence-corrected chi connectivity index (χ3v) is 4.49. The van der Waals surface area contributed by atoms with Crippen LogP contribution in [0.25, 0.3) is 0 Å². The third kappa shape index (κ3) is 3.31. The van der Waals surface area contributed by atoms with E-state index in [4.69, 9.17) is 0 Å². The standard InChI is InChI=1S/C10H19N3O2S/c1-8(16(4,14)15)10(11-2)7-9-5-6-13(3)12-9/h5-6,8,10-11H,7H2,1-4H3. The fourth-order valence-electron chi connectivity index (χ4n) is 1.60. The fourth-order valence-corrected chi connectivity index (χ4v) is 2.43. The van der Waals surface area contributed by atoms with Gasteiger partial charge in [-0.2, -0.15) is 5.10 Å². The Morgan fingerprint density at radius 3 is 2.56 bits per heavy atom. The summed E-state index contributed by atoms with van der Waals surface area (Å²) in [5, 5.41) is 6.87. The van der Waals surface area contributed by atoms with Crippen molar-refractivity contribution >= 4 is 9.84 Å². The maximum absolute atomic E-state index is 11.5. The van der Waals surface area contributed by atoms with Crippen molar-refractivity contribution in [2.75, 3.05) is 13.3 Å². The minimum Gasteiger partial charge on any atom is -0.315 e. The molecule has 0 aliphatic heterocycles. The zero-order valence-electron chi connectivity index (χ0n) is 10.1. The van der Waals surface area contributed by atoms with Crippen molar-refractivity contribution in [3.8, 4) is 0 Å². The summed E-state index contributed by atoms with van der Waals surface area (Å²) in [7, 11) is 0.594. The SMILES string of the molecule is CNC(Cc1ccn(C)n1)C(C)S(C)(=O)=O. The molecule has 0 amide bonds.